The first-order chi connectivity index (χ1) is 4.66. The quantitative estimate of drug-likeness (QED) is 0.401. The van der Waals surface area contributed by atoms with Crippen molar-refractivity contribution >= 4 is 21.9 Å². The molecule has 0 bridgehead atoms. The molecule has 0 radical (unpaired) electrons. The van der Waals surface area contributed by atoms with E-state index in [0.29, 0.717) is 6.61 Å². The van der Waals surface area contributed by atoms with Crippen molar-refractivity contribution in [1.82, 2.24) is 0 Å². The Hall–Kier alpha value is -0.310. The van der Waals surface area contributed by atoms with Crippen LogP contribution >= 0.6 is 15.9 Å². The van der Waals surface area contributed by atoms with Gasteiger partial charge in [-0.25, -0.2) is 0 Å². The van der Waals surface area contributed by atoms with Crippen LogP contribution in [-0.4, -0.2) is 17.9 Å². The largest absolute Gasteiger partial charge is 0.461 e. The number of carbonyl (C=O) groups is 1. The number of ether oxygens (including phenoxy) is 1. The lowest BCUT2D eigenvalue weighted by molar-refractivity contribution is -0.139. The Balaban J connectivity index is 3.37. The molecule has 0 fully saturated rings. The first-order valence-corrected chi connectivity index (χ1v) is 4.14. The average Bonchev–Trinajstić information content (AvgIpc) is 1.87. The Labute approximate surface area is 69.4 Å². The van der Waals surface area contributed by atoms with Crippen molar-refractivity contribution in [2.45, 2.75) is 13.8 Å². The molecule has 0 aliphatic carbocycles. The highest BCUT2D eigenvalue weighted by Gasteiger charge is 1.94. The monoisotopic (exact) mass is 206 g/mol. The van der Waals surface area contributed by atoms with Crippen LogP contribution in [0.15, 0.2) is 11.6 Å². The molecule has 0 saturated heterocycles. The number of esters is 1. The number of alkyl halides is 1. The van der Waals surface area contributed by atoms with Gasteiger partial charge < -0.3 is 4.74 Å². The predicted octanol–water partition coefficient (Wildman–Crippen LogP) is 1.89. The minimum atomic E-state index is -0.225. The highest BCUT2D eigenvalue weighted by atomic mass is 79.9. The van der Waals surface area contributed by atoms with Crippen LogP contribution in [-0.2, 0) is 9.53 Å². The van der Waals surface area contributed by atoms with E-state index in [1.54, 1.807) is 0 Å². The van der Waals surface area contributed by atoms with Gasteiger partial charge in [0.2, 0.25) is 0 Å². The van der Waals surface area contributed by atoms with E-state index in [2.05, 4.69) is 15.9 Å². The van der Waals surface area contributed by atoms with E-state index in [1.807, 2.05) is 19.9 Å². The molecule has 0 aliphatic rings. The van der Waals surface area contributed by atoms with E-state index in [-0.39, 0.29) is 11.3 Å². The number of hydrogen-bond donors (Lipinski definition) is 0. The van der Waals surface area contributed by atoms with Gasteiger partial charge in [-0.15, -0.1) is 0 Å². The number of allylic oxidation sites excluding steroid dienone is 1. The Bertz CT molecular complexity index is 137. The van der Waals surface area contributed by atoms with Crippen LogP contribution in [0.3, 0.4) is 0 Å². The molecular weight excluding hydrogens is 196 g/mol. The molecule has 58 valence electrons. The van der Waals surface area contributed by atoms with Crippen molar-refractivity contribution in [3.05, 3.63) is 11.6 Å². The van der Waals surface area contributed by atoms with Gasteiger partial charge in [-0.2, -0.15) is 0 Å². The van der Waals surface area contributed by atoms with E-state index in [9.17, 15) is 4.79 Å². The van der Waals surface area contributed by atoms with E-state index in [4.69, 9.17) is 4.74 Å². The first-order valence-electron chi connectivity index (χ1n) is 3.01. The summed E-state index contributed by atoms with van der Waals surface area (Å²) < 4.78 is 4.74. The van der Waals surface area contributed by atoms with Gasteiger partial charge in [0, 0.05) is 0 Å². The van der Waals surface area contributed by atoms with Gasteiger partial charge in [0.25, 0.3) is 0 Å². The second kappa shape index (κ2) is 5.47. The molecule has 0 atom stereocenters. The summed E-state index contributed by atoms with van der Waals surface area (Å²) in [5, 5.41) is 0.267. The summed E-state index contributed by atoms with van der Waals surface area (Å²) >= 11 is 2.99. The van der Waals surface area contributed by atoms with E-state index >= 15 is 0 Å². The minimum Gasteiger partial charge on any atom is -0.461 e. The molecule has 0 spiro atoms. The Kier molecular flexibility index (Phi) is 5.30. The van der Waals surface area contributed by atoms with Gasteiger partial charge in [0.05, 0.1) is 0 Å². The van der Waals surface area contributed by atoms with Crippen molar-refractivity contribution in [2.24, 2.45) is 0 Å². The third kappa shape index (κ3) is 5.82. The number of halogens is 1. The molecule has 0 heterocycles. The van der Waals surface area contributed by atoms with Gasteiger partial charge in [-0.1, -0.05) is 21.5 Å². The SMILES string of the molecule is CC(C)=CCOC(=O)CBr. The number of rotatable bonds is 3. The number of hydrogen-bond acceptors (Lipinski definition) is 2. The fourth-order valence-corrected chi connectivity index (χ4v) is 0.502. The number of carbonyl (C=O) groups excluding carboxylic acids is 1. The molecule has 0 aromatic rings. The van der Waals surface area contributed by atoms with Crippen LogP contribution in [0.2, 0.25) is 0 Å². The molecule has 10 heavy (non-hydrogen) atoms. The minimum absolute atomic E-state index is 0.225. The lowest BCUT2D eigenvalue weighted by Crippen LogP contribution is -2.04. The van der Waals surface area contributed by atoms with Gasteiger partial charge >= 0.3 is 5.97 Å². The fraction of sp³-hybridized carbons (Fsp3) is 0.571. The summed E-state index contributed by atoms with van der Waals surface area (Å²) in [5.41, 5.74) is 1.15. The predicted molar refractivity (Wildman–Crippen MR) is 44.2 cm³/mol. The van der Waals surface area contributed by atoms with Gasteiger partial charge in [-0.05, 0) is 19.9 Å². The molecule has 0 aliphatic heterocycles. The molecule has 3 heteroatoms. The summed E-state index contributed by atoms with van der Waals surface area (Å²) in [6.07, 6.45) is 1.86. The third-order valence-electron chi connectivity index (χ3n) is 0.845. The molecule has 0 amide bonds. The van der Waals surface area contributed by atoms with Crippen molar-refractivity contribution < 1.29 is 9.53 Å². The van der Waals surface area contributed by atoms with Crippen LogP contribution in [0.25, 0.3) is 0 Å². The van der Waals surface area contributed by atoms with E-state index < -0.39 is 0 Å². The molecule has 0 saturated carbocycles. The molecule has 0 aromatic heterocycles. The summed E-state index contributed by atoms with van der Waals surface area (Å²) in [5.74, 6) is -0.225. The summed E-state index contributed by atoms with van der Waals surface area (Å²) in [7, 11) is 0. The summed E-state index contributed by atoms with van der Waals surface area (Å²) in [6, 6.07) is 0. The van der Waals surface area contributed by atoms with E-state index in [0.717, 1.165) is 5.57 Å². The third-order valence-corrected chi connectivity index (χ3v) is 1.30. The summed E-state index contributed by atoms with van der Waals surface area (Å²) in [4.78, 5) is 10.5. The van der Waals surface area contributed by atoms with Crippen LogP contribution in [0, 0.1) is 0 Å². The van der Waals surface area contributed by atoms with Gasteiger partial charge in [0.1, 0.15) is 11.9 Å². The highest BCUT2D eigenvalue weighted by molar-refractivity contribution is 9.09. The summed E-state index contributed by atoms with van der Waals surface area (Å²) in [6.45, 7) is 4.30. The zero-order chi connectivity index (χ0) is 7.98. The normalized spacial score (nSPS) is 8.70. The van der Waals surface area contributed by atoms with Crippen LogP contribution in [0.5, 0.6) is 0 Å². The second-order valence-corrected chi connectivity index (χ2v) is 2.66. The maximum Gasteiger partial charge on any atom is 0.316 e. The van der Waals surface area contributed by atoms with Gasteiger partial charge in [-0.3, -0.25) is 4.79 Å². The highest BCUT2D eigenvalue weighted by Crippen LogP contribution is 1.90. The van der Waals surface area contributed by atoms with Crippen LogP contribution in [0.1, 0.15) is 13.8 Å². The molecular formula is C7H11BrO2. The zero-order valence-electron chi connectivity index (χ0n) is 6.19. The Morgan fingerprint density at radius 3 is 2.60 bits per heavy atom. The maximum absolute atomic E-state index is 10.5. The molecule has 2 nitrogen and oxygen atoms in total. The molecule has 0 rings (SSSR count). The smallest absolute Gasteiger partial charge is 0.316 e. The van der Waals surface area contributed by atoms with Crippen molar-refractivity contribution in [1.29, 1.82) is 0 Å². The van der Waals surface area contributed by atoms with E-state index in [1.165, 1.54) is 0 Å². The zero-order valence-corrected chi connectivity index (χ0v) is 7.77. The lowest BCUT2D eigenvalue weighted by atomic mass is 10.3. The van der Waals surface area contributed by atoms with Gasteiger partial charge in [0.15, 0.2) is 0 Å². The molecule has 0 N–H and O–H groups in total. The average molecular weight is 207 g/mol. The first kappa shape index (κ1) is 9.69. The Morgan fingerprint density at radius 1 is 1.60 bits per heavy atom. The van der Waals surface area contributed by atoms with Crippen molar-refractivity contribution in [3.8, 4) is 0 Å². The second-order valence-electron chi connectivity index (χ2n) is 2.10. The fourth-order valence-electron chi connectivity index (χ4n) is 0.340. The molecule has 0 unspecified atom stereocenters. The lowest BCUT2D eigenvalue weighted by Gasteiger charge is -1.96. The maximum atomic E-state index is 10.5. The van der Waals surface area contributed by atoms with Crippen LogP contribution in [0.4, 0.5) is 0 Å². The molecule has 0 aromatic carbocycles. The topological polar surface area (TPSA) is 26.3 Å². The standard InChI is InChI=1S/C7H11BrO2/c1-6(2)3-4-10-7(9)5-8/h3H,4-5H2,1-2H3. The van der Waals surface area contributed by atoms with Crippen molar-refractivity contribution in [3.63, 3.8) is 0 Å². The van der Waals surface area contributed by atoms with Crippen molar-refractivity contribution in [2.75, 3.05) is 11.9 Å². The Morgan fingerprint density at radius 2 is 2.20 bits per heavy atom. The van der Waals surface area contributed by atoms with Crippen LogP contribution < -0.4 is 0 Å².